The molecule has 0 saturated heterocycles. The zero-order chi connectivity index (χ0) is 9.30. The van der Waals surface area contributed by atoms with Gasteiger partial charge in [0.1, 0.15) is 5.69 Å². The Morgan fingerprint density at radius 1 is 1.42 bits per heavy atom. The molecule has 0 bridgehead atoms. The summed E-state index contributed by atoms with van der Waals surface area (Å²) in [7, 11) is 0. The summed E-state index contributed by atoms with van der Waals surface area (Å²) < 4.78 is 1.02. The molecule has 0 aliphatic heterocycles. The van der Waals surface area contributed by atoms with Gasteiger partial charge in [0.2, 0.25) is 0 Å². The molecule has 12 heavy (non-hydrogen) atoms. The lowest BCUT2D eigenvalue weighted by atomic mass is 10.3. The van der Waals surface area contributed by atoms with Crippen LogP contribution in [0.25, 0.3) is 0 Å². The van der Waals surface area contributed by atoms with E-state index in [0.29, 0.717) is 7.14 Å². The lowest BCUT2D eigenvalue weighted by Gasteiger charge is -1.97. The SMILES string of the molecule is O=C(O)c1[nH]c(=O)c(I)cc1I. The number of hydrogen-bond donors (Lipinski definition) is 2. The Bertz CT molecular complexity index is 385. The summed E-state index contributed by atoms with van der Waals surface area (Å²) in [6.07, 6.45) is 0. The molecule has 4 nitrogen and oxygen atoms in total. The molecule has 0 atom stereocenters. The van der Waals surface area contributed by atoms with Crippen molar-refractivity contribution in [2.75, 3.05) is 0 Å². The molecular weight excluding hydrogens is 388 g/mol. The van der Waals surface area contributed by atoms with Gasteiger partial charge in [-0.3, -0.25) is 4.79 Å². The highest BCUT2D eigenvalue weighted by molar-refractivity contribution is 14.1. The van der Waals surface area contributed by atoms with Gasteiger partial charge in [-0.1, -0.05) is 0 Å². The molecular formula is C6H3I2NO3. The third kappa shape index (κ3) is 1.97. The fourth-order valence-electron chi connectivity index (χ4n) is 0.638. The van der Waals surface area contributed by atoms with Crippen molar-refractivity contribution in [2.24, 2.45) is 0 Å². The van der Waals surface area contributed by atoms with Crippen LogP contribution in [0.2, 0.25) is 0 Å². The van der Waals surface area contributed by atoms with Gasteiger partial charge in [0.25, 0.3) is 5.56 Å². The van der Waals surface area contributed by atoms with E-state index in [0.717, 1.165) is 0 Å². The molecule has 0 amide bonds. The van der Waals surface area contributed by atoms with Crippen LogP contribution >= 0.6 is 45.2 Å². The van der Waals surface area contributed by atoms with Crippen molar-refractivity contribution in [3.63, 3.8) is 0 Å². The quantitative estimate of drug-likeness (QED) is 0.710. The minimum atomic E-state index is -1.12. The maximum absolute atomic E-state index is 11.0. The molecule has 0 fully saturated rings. The summed E-state index contributed by atoms with van der Waals surface area (Å²) in [6, 6.07) is 1.53. The molecule has 2 N–H and O–H groups in total. The Labute approximate surface area is 94.7 Å². The smallest absolute Gasteiger partial charge is 0.353 e. The van der Waals surface area contributed by atoms with E-state index in [1.165, 1.54) is 6.07 Å². The predicted octanol–water partition coefficient (Wildman–Crippen LogP) is 1.28. The largest absolute Gasteiger partial charge is 0.477 e. The first kappa shape index (κ1) is 9.96. The molecule has 0 unspecified atom stereocenters. The first-order chi connectivity index (χ1) is 5.52. The van der Waals surface area contributed by atoms with Gasteiger partial charge in [-0.25, -0.2) is 4.79 Å². The number of rotatable bonds is 1. The maximum atomic E-state index is 11.0. The van der Waals surface area contributed by atoms with Crippen LogP contribution in [0, 0.1) is 7.14 Å². The van der Waals surface area contributed by atoms with Crippen molar-refractivity contribution in [3.8, 4) is 0 Å². The van der Waals surface area contributed by atoms with E-state index in [-0.39, 0.29) is 11.3 Å². The van der Waals surface area contributed by atoms with E-state index in [1.54, 1.807) is 0 Å². The van der Waals surface area contributed by atoms with Gasteiger partial charge in [0, 0.05) is 3.57 Å². The topological polar surface area (TPSA) is 70.2 Å². The number of carbonyl (C=O) groups is 1. The van der Waals surface area contributed by atoms with Crippen molar-refractivity contribution >= 4 is 51.2 Å². The standard InChI is InChI=1S/C6H3I2NO3/c7-2-1-3(8)5(10)9-4(2)6(11)12/h1H,(H,9,10)(H,11,12). The van der Waals surface area contributed by atoms with Gasteiger partial charge < -0.3 is 10.1 Å². The Balaban J connectivity index is 3.43. The molecule has 1 aromatic heterocycles. The minimum Gasteiger partial charge on any atom is -0.477 e. The highest BCUT2D eigenvalue weighted by atomic mass is 127. The van der Waals surface area contributed by atoms with Crippen molar-refractivity contribution in [1.29, 1.82) is 0 Å². The fourth-order valence-corrected chi connectivity index (χ4v) is 2.36. The van der Waals surface area contributed by atoms with Gasteiger partial charge in [-0.2, -0.15) is 0 Å². The average molecular weight is 391 g/mol. The molecule has 0 aliphatic rings. The van der Waals surface area contributed by atoms with Gasteiger partial charge in [-0.05, 0) is 51.2 Å². The molecule has 1 aromatic rings. The van der Waals surface area contributed by atoms with Crippen LogP contribution in [-0.4, -0.2) is 16.1 Å². The van der Waals surface area contributed by atoms with Crippen LogP contribution in [0.15, 0.2) is 10.9 Å². The molecule has 1 rings (SSSR count). The van der Waals surface area contributed by atoms with Crippen LogP contribution in [0.1, 0.15) is 10.5 Å². The summed E-state index contributed by atoms with van der Waals surface area (Å²) in [4.78, 5) is 23.7. The predicted molar refractivity (Wildman–Crippen MR) is 59.5 cm³/mol. The van der Waals surface area contributed by atoms with Crippen LogP contribution < -0.4 is 5.56 Å². The Morgan fingerprint density at radius 2 is 2.00 bits per heavy atom. The summed E-state index contributed by atoms with van der Waals surface area (Å²) in [5.41, 5.74) is -0.422. The zero-order valence-electron chi connectivity index (χ0n) is 5.60. The zero-order valence-corrected chi connectivity index (χ0v) is 9.91. The fraction of sp³-hybridized carbons (Fsp3) is 0. The molecule has 0 saturated carbocycles. The number of H-pyrrole nitrogens is 1. The number of hydrogen-bond acceptors (Lipinski definition) is 2. The van der Waals surface area contributed by atoms with Crippen molar-refractivity contribution < 1.29 is 9.90 Å². The van der Waals surface area contributed by atoms with E-state index < -0.39 is 5.97 Å². The Hall–Kier alpha value is -0.120. The monoisotopic (exact) mass is 391 g/mol. The second-order valence-corrected chi connectivity index (χ2v) is 4.30. The highest BCUT2D eigenvalue weighted by Gasteiger charge is 2.10. The lowest BCUT2D eigenvalue weighted by Crippen LogP contribution is -2.16. The minimum absolute atomic E-state index is 0.0546. The maximum Gasteiger partial charge on any atom is 0.353 e. The summed E-state index contributed by atoms with van der Waals surface area (Å²) in [6.45, 7) is 0. The normalized spacial score (nSPS) is 9.83. The van der Waals surface area contributed by atoms with Crippen LogP contribution in [0.4, 0.5) is 0 Å². The van der Waals surface area contributed by atoms with Crippen LogP contribution in [-0.2, 0) is 0 Å². The first-order valence-electron chi connectivity index (χ1n) is 2.84. The highest BCUT2D eigenvalue weighted by Crippen LogP contribution is 2.10. The van der Waals surface area contributed by atoms with Crippen molar-refractivity contribution in [1.82, 2.24) is 4.98 Å². The van der Waals surface area contributed by atoms with Gasteiger partial charge in [0.15, 0.2) is 0 Å². The third-order valence-electron chi connectivity index (χ3n) is 1.16. The van der Waals surface area contributed by atoms with Crippen molar-refractivity contribution in [2.45, 2.75) is 0 Å². The second-order valence-electron chi connectivity index (χ2n) is 1.97. The van der Waals surface area contributed by atoms with E-state index in [9.17, 15) is 9.59 Å². The summed E-state index contributed by atoms with van der Waals surface area (Å²) in [5.74, 6) is -1.12. The van der Waals surface area contributed by atoms with E-state index in [2.05, 4.69) is 4.98 Å². The number of aromatic nitrogens is 1. The molecule has 0 aliphatic carbocycles. The molecule has 6 heteroatoms. The molecule has 0 spiro atoms. The van der Waals surface area contributed by atoms with E-state index in [1.807, 2.05) is 45.2 Å². The number of aromatic carboxylic acids is 1. The van der Waals surface area contributed by atoms with Crippen LogP contribution in [0.5, 0.6) is 0 Å². The number of aromatic amines is 1. The first-order valence-corrected chi connectivity index (χ1v) is 4.99. The summed E-state index contributed by atoms with van der Waals surface area (Å²) in [5, 5.41) is 8.60. The number of carboxylic acids is 1. The Kier molecular flexibility index (Phi) is 3.09. The van der Waals surface area contributed by atoms with Crippen molar-refractivity contribution in [3.05, 3.63) is 29.3 Å². The number of pyridine rings is 1. The van der Waals surface area contributed by atoms with Crippen LogP contribution in [0.3, 0.4) is 0 Å². The van der Waals surface area contributed by atoms with Gasteiger partial charge >= 0.3 is 5.97 Å². The summed E-state index contributed by atoms with van der Waals surface area (Å²) >= 11 is 3.71. The Morgan fingerprint density at radius 3 is 2.50 bits per heavy atom. The van der Waals surface area contributed by atoms with Gasteiger partial charge in [-0.15, -0.1) is 0 Å². The number of halogens is 2. The number of carboxylic acid groups (broad SMARTS) is 1. The molecule has 64 valence electrons. The number of nitrogens with one attached hydrogen (secondary N) is 1. The third-order valence-corrected chi connectivity index (χ3v) is 2.81. The van der Waals surface area contributed by atoms with E-state index in [4.69, 9.17) is 5.11 Å². The average Bonchev–Trinajstić information content (AvgIpc) is 1.96. The van der Waals surface area contributed by atoms with E-state index >= 15 is 0 Å². The molecule has 1 heterocycles. The van der Waals surface area contributed by atoms with Gasteiger partial charge in [0.05, 0.1) is 3.57 Å². The molecule has 0 radical (unpaired) electrons. The second kappa shape index (κ2) is 3.73. The lowest BCUT2D eigenvalue weighted by molar-refractivity contribution is 0.0689. The molecule has 0 aromatic carbocycles.